The molecule has 30 heavy (non-hydrogen) atoms. The Hall–Kier alpha value is -2.19. The zero-order chi connectivity index (χ0) is 22.0. The molecule has 1 heterocycles. The van der Waals surface area contributed by atoms with E-state index in [-0.39, 0.29) is 16.3 Å². The molecule has 3 rings (SSSR count). The minimum absolute atomic E-state index is 0.0175. The first kappa shape index (κ1) is 22.5. The average Bonchev–Trinajstić information content (AvgIpc) is 3.07. The summed E-state index contributed by atoms with van der Waals surface area (Å²) in [6.45, 7) is 4.51. The Bertz CT molecular complexity index is 1220. The summed E-state index contributed by atoms with van der Waals surface area (Å²) in [5.41, 5.74) is 1.52. The standard InChI is InChI=1S/C20H16Cl3N3O3S/c1-3-17-18(11-5-7-15(22)16(23)9-11)25(4-2)20(30-17)24-19(27)13-10-12(26(28)29)6-8-14(13)21/h5-10H,3-4H2,1-2H3. The summed E-state index contributed by atoms with van der Waals surface area (Å²) in [7, 11) is 0. The number of aryl methyl sites for hydroxylation is 1. The van der Waals surface area contributed by atoms with Gasteiger partial charge in [0.1, 0.15) is 0 Å². The molecule has 0 aliphatic carbocycles. The summed E-state index contributed by atoms with van der Waals surface area (Å²) >= 11 is 19.7. The van der Waals surface area contributed by atoms with E-state index in [1.165, 1.54) is 23.5 Å². The zero-order valence-corrected chi connectivity index (χ0v) is 19.1. The lowest BCUT2D eigenvalue weighted by Crippen LogP contribution is -2.17. The quantitative estimate of drug-likeness (QED) is 0.310. The maximum atomic E-state index is 12.8. The van der Waals surface area contributed by atoms with Crippen LogP contribution in [0.2, 0.25) is 15.1 Å². The van der Waals surface area contributed by atoms with E-state index >= 15 is 0 Å². The number of benzene rings is 2. The van der Waals surface area contributed by atoms with Crippen molar-refractivity contribution in [2.24, 2.45) is 4.99 Å². The molecule has 2 aromatic carbocycles. The minimum Gasteiger partial charge on any atom is -0.316 e. The highest BCUT2D eigenvalue weighted by Gasteiger charge is 2.18. The number of nitro benzene ring substituents is 1. The Morgan fingerprint density at radius 1 is 1.10 bits per heavy atom. The molecule has 1 aromatic heterocycles. The van der Waals surface area contributed by atoms with Crippen molar-refractivity contribution < 1.29 is 9.72 Å². The van der Waals surface area contributed by atoms with Gasteiger partial charge in [-0.1, -0.05) is 47.8 Å². The Morgan fingerprint density at radius 3 is 2.40 bits per heavy atom. The summed E-state index contributed by atoms with van der Waals surface area (Å²) in [6.07, 6.45) is 0.724. The predicted octanol–water partition coefficient (Wildman–Crippen LogP) is 6.41. The van der Waals surface area contributed by atoms with Crippen LogP contribution < -0.4 is 4.80 Å². The molecule has 0 bridgehead atoms. The number of aromatic nitrogens is 1. The maximum absolute atomic E-state index is 12.8. The first-order chi connectivity index (χ1) is 14.3. The number of carbonyl (C=O) groups is 1. The van der Waals surface area contributed by atoms with Gasteiger partial charge in [0.05, 0.1) is 31.2 Å². The van der Waals surface area contributed by atoms with E-state index in [4.69, 9.17) is 34.8 Å². The Labute approximate surface area is 191 Å². The molecule has 1 amide bonds. The summed E-state index contributed by atoms with van der Waals surface area (Å²) in [5.74, 6) is -0.643. The van der Waals surface area contributed by atoms with Crippen molar-refractivity contribution in [2.45, 2.75) is 26.8 Å². The second-order valence-corrected chi connectivity index (χ2v) is 8.51. The van der Waals surface area contributed by atoms with Gasteiger partial charge in [0.25, 0.3) is 11.6 Å². The van der Waals surface area contributed by atoms with Crippen LogP contribution in [-0.2, 0) is 13.0 Å². The Morgan fingerprint density at radius 2 is 1.80 bits per heavy atom. The average molecular weight is 485 g/mol. The zero-order valence-electron chi connectivity index (χ0n) is 16.0. The molecule has 0 aliphatic rings. The van der Waals surface area contributed by atoms with Gasteiger partial charge in [-0.05, 0) is 31.5 Å². The topological polar surface area (TPSA) is 77.5 Å². The third-order valence-electron chi connectivity index (χ3n) is 4.40. The van der Waals surface area contributed by atoms with E-state index in [1.807, 2.05) is 24.5 Å². The first-order valence-corrected chi connectivity index (χ1v) is 10.9. The Balaban J connectivity index is 2.17. The third-order valence-corrected chi connectivity index (χ3v) is 6.69. The largest absolute Gasteiger partial charge is 0.316 e. The van der Waals surface area contributed by atoms with Crippen molar-refractivity contribution in [3.8, 4) is 11.3 Å². The molecule has 156 valence electrons. The highest BCUT2D eigenvalue weighted by atomic mass is 35.5. The van der Waals surface area contributed by atoms with Crippen LogP contribution in [0.15, 0.2) is 41.4 Å². The molecule has 3 aromatic rings. The van der Waals surface area contributed by atoms with Crippen LogP contribution >= 0.6 is 46.1 Å². The molecule has 0 fully saturated rings. The van der Waals surface area contributed by atoms with Gasteiger partial charge in [-0.2, -0.15) is 4.99 Å². The summed E-state index contributed by atoms with van der Waals surface area (Å²) in [5, 5.41) is 12.0. The number of halogens is 3. The fraction of sp³-hybridized carbons (Fsp3) is 0.200. The number of hydrogen-bond acceptors (Lipinski definition) is 4. The van der Waals surface area contributed by atoms with E-state index in [0.717, 1.165) is 28.6 Å². The third kappa shape index (κ3) is 4.44. The lowest BCUT2D eigenvalue weighted by Gasteiger charge is -2.09. The molecular formula is C20H16Cl3N3O3S. The minimum atomic E-state index is -0.643. The molecule has 0 saturated carbocycles. The predicted molar refractivity (Wildman–Crippen MR) is 121 cm³/mol. The molecule has 0 unspecified atom stereocenters. The van der Waals surface area contributed by atoms with Gasteiger partial charge >= 0.3 is 0 Å². The highest BCUT2D eigenvalue weighted by Crippen LogP contribution is 2.32. The van der Waals surface area contributed by atoms with Crippen LogP contribution in [0.4, 0.5) is 5.69 Å². The summed E-state index contributed by atoms with van der Waals surface area (Å²) < 4.78 is 1.91. The second kappa shape index (κ2) is 9.31. The molecule has 0 N–H and O–H groups in total. The van der Waals surface area contributed by atoms with Crippen LogP contribution in [0.1, 0.15) is 29.1 Å². The maximum Gasteiger partial charge on any atom is 0.281 e. The molecular weight excluding hydrogens is 469 g/mol. The van der Waals surface area contributed by atoms with E-state index in [1.54, 1.807) is 12.1 Å². The molecule has 0 saturated heterocycles. The van der Waals surface area contributed by atoms with Crippen molar-refractivity contribution in [1.82, 2.24) is 4.57 Å². The first-order valence-electron chi connectivity index (χ1n) is 8.97. The lowest BCUT2D eigenvalue weighted by atomic mass is 10.1. The number of carbonyl (C=O) groups excluding carboxylic acids is 1. The lowest BCUT2D eigenvalue weighted by molar-refractivity contribution is -0.384. The number of nitrogens with zero attached hydrogens (tertiary/aromatic N) is 3. The monoisotopic (exact) mass is 483 g/mol. The number of nitro groups is 1. The number of thiazole rings is 1. The normalized spacial score (nSPS) is 11.7. The van der Waals surface area contributed by atoms with Crippen LogP contribution in [-0.4, -0.2) is 15.4 Å². The fourth-order valence-corrected chi connectivity index (χ4v) is 4.62. The van der Waals surface area contributed by atoms with Crippen LogP contribution in [0, 0.1) is 10.1 Å². The SMILES string of the molecule is CCc1sc(=NC(=O)c2cc([N+](=O)[O-])ccc2Cl)n(CC)c1-c1ccc(Cl)c(Cl)c1. The van der Waals surface area contributed by atoms with Crippen molar-refractivity contribution in [2.75, 3.05) is 0 Å². The number of hydrogen-bond donors (Lipinski definition) is 0. The molecule has 6 nitrogen and oxygen atoms in total. The number of non-ortho nitro benzene ring substituents is 1. The van der Waals surface area contributed by atoms with Gasteiger partial charge in [0.2, 0.25) is 0 Å². The fourth-order valence-electron chi connectivity index (χ4n) is 2.97. The van der Waals surface area contributed by atoms with Gasteiger partial charge in [0.15, 0.2) is 4.80 Å². The number of rotatable bonds is 5. The van der Waals surface area contributed by atoms with E-state index in [0.29, 0.717) is 21.4 Å². The van der Waals surface area contributed by atoms with E-state index in [9.17, 15) is 14.9 Å². The van der Waals surface area contributed by atoms with Gasteiger partial charge in [0, 0.05) is 29.1 Å². The van der Waals surface area contributed by atoms with Gasteiger partial charge < -0.3 is 4.57 Å². The van der Waals surface area contributed by atoms with Gasteiger partial charge in [-0.3, -0.25) is 14.9 Å². The van der Waals surface area contributed by atoms with Crippen LogP contribution in [0.25, 0.3) is 11.3 Å². The number of amides is 1. The summed E-state index contributed by atoms with van der Waals surface area (Å²) in [4.78, 5) is 29.0. The highest BCUT2D eigenvalue weighted by molar-refractivity contribution is 7.09. The van der Waals surface area contributed by atoms with Crippen molar-refractivity contribution in [1.29, 1.82) is 0 Å². The second-order valence-electron chi connectivity index (χ2n) is 6.22. The molecule has 0 aliphatic heterocycles. The van der Waals surface area contributed by atoms with Crippen molar-refractivity contribution >= 4 is 57.7 Å². The molecule has 10 heteroatoms. The smallest absolute Gasteiger partial charge is 0.281 e. The van der Waals surface area contributed by atoms with Gasteiger partial charge in [-0.15, -0.1) is 11.3 Å². The molecule has 0 atom stereocenters. The van der Waals surface area contributed by atoms with Crippen LogP contribution in [0.5, 0.6) is 0 Å². The van der Waals surface area contributed by atoms with Crippen molar-refractivity contribution in [3.05, 3.63) is 76.8 Å². The molecule has 0 spiro atoms. The van der Waals surface area contributed by atoms with Crippen LogP contribution in [0.3, 0.4) is 0 Å². The van der Waals surface area contributed by atoms with Crippen molar-refractivity contribution in [3.63, 3.8) is 0 Å². The molecule has 0 radical (unpaired) electrons. The van der Waals surface area contributed by atoms with Gasteiger partial charge in [-0.25, -0.2) is 0 Å². The van der Waals surface area contributed by atoms with E-state index < -0.39 is 10.8 Å². The Kier molecular flexibility index (Phi) is 6.98. The van der Waals surface area contributed by atoms with E-state index in [2.05, 4.69) is 4.99 Å². The summed E-state index contributed by atoms with van der Waals surface area (Å²) in [6, 6.07) is 9.07.